The third-order valence-electron chi connectivity index (χ3n) is 12.0. The van der Waals surface area contributed by atoms with Crippen LogP contribution in [-0.4, -0.2) is 112 Å². The zero-order valence-electron chi connectivity index (χ0n) is 42.7. The second kappa shape index (κ2) is 44.3. The average molecular weight is 905 g/mol. The fourth-order valence-corrected chi connectivity index (χ4v) is 9.18. The first-order chi connectivity index (χ1) is 28.4. The van der Waals surface area contributed by atoms with Gasteiger partial charge in [0.2, 0.25) is 0 Å². The monoisotopic (exact) mass is 905 g/mol. The van der Waals surface area contributed by atoms with Crippen molar-refractivity contribution in [1.82, 2.24) is 0 Å². The molecule has 0 radical (unpaired) electrons. The Hall–Kier alpha value is 0.140. The summed E-state index contributed by atoms with van der Waals surface area (Å²) in [7, 11) is -10.1. The van der Waals surface area contributed by atoms with E-state index in [1.54, 1.807) is 0 Å². The predicted octanol–water partition coefficient (Wildman–Crippen LogP) is 14.2. The Morgan fingerprint density at radius 3 is 0.417 bits per heavy atom. The Labute approximate surface area is 376 Å². The Kier molecular flexibility index (Phi) is 49.3. The maximum Gasteiger partial charge on any atom is 0.478 e. The lowest BCUT2D eigenvalue weighted by Crippen LogP contribution is -2.50. The Morgan fingerprint density at radius 1 is 0.267 bits per heavy atom. The van der Waals surface area contributed by atoms with Gasteiger partial charge in [-0.1, -0.05) is 160 Å². The summed E-state index contributed by atoms with van der Waals surface area (Å²) in [5, 5.41) is 0. The molecule has 0 aliphatic rings. The molecule has 0 aromatic carbocycles. The minimum atomic E-state index is -5.05. The van der Waals surface area contributed by atoms with E-state index in [4.69, 9.17) is 19.6 Å². The first-order valence-electron chi connectivity index (χ1n) is 25.8. The summed E-state index contributed by atoms with van der Waals surface area (Å²) in [4.78, 5) is 31.0. The third kappa shape index (κ3) is 43.4. The molecule has 0 atom stereocenters. The molecule has 0 amide bonds. The van der Waals surface area contributed by atoms with Crippen LogP contribution in [0.4, 0.5) is 0 Å². The minimum Gasteiger partial charge on any atom is -0.324 e. The summed E-state index contributed by atoms with van der Waals surface area (Å²) < 4.78 is 26.5. The molecule has 10 nitrogen and oxygen atoms in total. The van der Waals surface area contributed by atoms with Gasteiger partial charge in [-0.15, -0.1) is 0 Å². The maximum atomic E-state index is 9.63. The van der Waals surface area contributed by atoms with Crippen LogP contribution in [0.3, 0.4) is 0 Å². The number of quaternary nitrogens is 3. The molecule has 0 rings (SSSR count). The van der Waals surface area contributed by atoms with E-state index < -0.39 is 15.6 Å². The van der Waals surface area contributed by atoms with Crippen LogP contribution in [0.5, 0.6) is 0 Å². The fourth-order valence-electron chi connectivity index (χ4n) is 8.07. The summed E-state index contributed by atoms with van der Waals surface area (Å²) in [6.07, 6.45) is 33.2. The minimum absolute atomic E-state index is 1.35. The number of phosphoric acid groups is 2. The van der Waals surface area contributed by atoms with Gasteiger partial charge < -0.3 is 33.0 Å². The molecular weight excluding hydrogens is 792 g/mol. The van der Waals surface area contributed by atoms with Crippen LogP contribution in [0.2, 0.25) is 0 Å². The molecule has 60 heavy (non-hydrogen) atoms. The Morgan fingerprint density at radius 2 is 0.367 bits per heavy atom. The van der Waals surface area contributed by atoms with Gasteiger partial charge in [-0.25, -0.2) is 9.13 Å². The van der Waals surface area contributed by atoms with Gasteiger partial charge in [0, 0.05) is 0 Å². The standard InChI is InChI=1S/3C16H36N.H4O7P2/c3*1-5-9-13-17(14-10-6-2,15-11-7-3)16-12-8-4;1-8(2,3)7-9(4,5)6/h3*5-16H2,1-4H3;(H2,1,2,3)(H2,4,5,6)/q3*+1;. The van der Waals surface area contributed by atoms with Crippen molar-refractivity contribution >= 4 is 15.6 Å². The molecule has 0 aromatic rings. The summed E-state index contributed by atoms with van der Waals surface area (Å²) in [5.74, 6) is 0. The van der Waals surface area contributed by atoms with E-state index in [1.165, 1.54) is 246 Å². The van der Waals surface area contributed by atoms with Crippen LogP contribution in [-0.2, 0) is 13.4 Å². The van der Waals surface area contributed by atoms with Gasteiger partial charge in [0.1, 0.15) is 0 Å². The number of hydrogen-bond donors (Lipinski definition) is 4. The van der Waals surface area contributed by atoms with Crippen LogP contribution in [0.1, 0.15) is 237 Å². The lowest BCUT2D eigenvalue weighted by molar-refractivity contribution is -0.929. The molecule has 0 saturated heterocycles. The molecule has 0 aromatic heterocycles. The first kappa shape index (κ1) is 66.7. The van der Waals surface area contributed by atoms with Crippen molar-refractivity contribution in [3.8, 4) is 0 Å². The summed E-state index contributed by atoms with van der Waals surface area (Å²) in [5.41, 5.74) is 0. The predicted molar refractivity (Wildman–Crippen MR) is 263 cm³/mol. The molecule has 0 saturated carbocycles. The molecule has 0 fully saturated rings. The van der Waals surface area contributed by atoms with Crippen molar-refractivity contribution in [2.75, 3.05) is 78.5 Å². The summed E-state index contributed by atoms with van der Waals surface area (Å²) >= 11 is 0. The van der Waals surface area contributed by atoms with E-state index in [-0.39, 0.29) is 0 Å². The molecule has 4 N–H and O–H groups in total. The van der Waals surface area contributed by atoms with Gasteiger partial charge in [-0.2, -0.15) is 4.31 Å². The highest BCUT2D eigenvalue weighted by molar-refractivity contribution is 7.60. The Balaban J connectivity index is -0.000000356. The smallest absolute Gasteiger partial charge is 0.324 e. The van der Waals surface area contributed by atoms with E-state index in [0.717, 1.165) is 0 Å². The van der Waals surface area contributed by atoms with Gasteiger partial charge in [0.15, 0.2) is 0 Å². The van der Waals surface area contributed by atoms with Crippen molar-refractivity contribution in [2.24, 2.45) is 0 Å². The maximum absolute atomic E-state index is 9.63. The number of hydrogen-bond acceptors (Lipinski definition) is 3. The lowest BCUT2D eigenvalue weighted by atomic mass is 10.1. The SMILES string of the molecule is CCCC[N+](CCCC)(CCCC)CCCC.CCCC[N+](CCCC)(CCCC)CCCC.CCCC[N+](CCCC)(CCCC)CCCC.O=P(O)(O)OP(=O)(O)O. The van der Waals surface area contributed by atoms with Crippen LogP contribution in [0.25, 0.3) is 0 Å². The van der Waals surface area contributed by atoms with Crippen LogP contribution < -0.4 is 0 Å². The molecular formula is C48H112N3O7P2+3. The molecule has 368 valence electrons. The molecule has 0 bridgehead atoms. The van der Waals surface area contributed by atoms with Gasteiger partial charge in [-0.3, -0.25) is 0 Å². The van der Waals surface area contributed by atoms with E-state index in [2.05, 4.69) is 87.4 Å². The fraction of sp³-hybridized carbons (Fsp3) is 1.00. The quantitative estimate of drug-likeness (QED) is 0.0359. The van der Waals surface area contributed by atoms with Crippen LogP contribution in [0.15, 0.2) is 0 Å². The van der Waals surface area contributed by atoms with Gasteiger partial charge in [-0.05, 0) is 77.0 Å². The zero-order valence-corrected chi connectivity index (χ0v) is 44.5. The third-order valence-corrected chi connectivity index (χ3v) is 13.7. The highest BCUT2D eigenvalue weighted by atomic mass is 31.3. The largest absolute Gasteiger partial charge is 0.478 e. The van der Waals surface area contributed by atoms with Gasteiger partial charge in [0.25, 0.3) is 0 Å². The summed E-state index contributed by atoms with van der Waals surface area (Å²) in [6.45, 7) is 45.1. The van der Waals surface area contributed by atoms with Crippen molar-refractivity contribution < 1.29 is 46.5 Å². The van der Waals surface area contributed by atoms with Crippen molar-refractivity contribution in [3.05, 3.63) is 0 Å². The molecule has 12 heteroatoms. The summed E-state index contributed by atoms with van der Waals surface area (Å²) in [6, 6.07) is 0. The number of nitrogens with zero attached hydrogens (tertiary/aromatic N) is 3. The first-order valence-corrected chi connectivity index (χ1v) is 28.9. The highest BCUT2D eigenvalue weighted by Gasteiger charge is 2.29. The second-order valence-corrected chi connectivity index (χ2v) is 20.6. The van der Waals surface area contributed by atoms with Crippen LogP contribution >= 0.6 is 15.6 Å². The van der Waals surface area contributed by atoms with E-state index in [9.17, 15) is 9.13 Å². The zero-order chi connectivity index (χ0) is 46.7. The van der Waals surface area contributed by atoms with E-state index >= 15 is 0 Å². The molecule has 0 aliphatic heterocycles. The molecule has 0 unspecified atom stereocenters. The molecule has 0 heterocycles. The molecule has 0 spiro atoms. The van der Waals surface area contributed by atoms with E-state index in [0.29, 0.717) is 0 Å². The normalized spacial score (nSPS) is 12.3. The number of unbranched alkanes of at least 4 members (excludes halogenated alkanes) is 12. The van der Waals surface area contributed by atoms with E-state index in [1.807, 2.05) is 0 Å². The average Bonchev–Trinajstić information content (AvgIpc) is 3.21. The van der Waals surface area contributed by atoms with Crippen molar-refractivity contribution in [1.29, 1.82) is 0 Å². The highest BCUT2D eigenvalue weighted by Crippen LogP contribution is 2.53. The van der Waals surface area contributed by atoms with Crippen molar-refractivity contribution in [2.45, 2.75) is 237 Å². The van der Waals surface area contributed by atoms with Crippen LogP contribution in [0, 0.1) is 0 Å². The van der Waals surface area contributed by atoms with Crippen molar-refractivity contribution in [3.63, 3.8) is 0 Å². The van der Waals surface area contributed by atoms with Gasteiger partial charge in [0.05, 0.1) is 78.5 Å². The lowest BCUT2D eigenvalue weighted by Gasteiger charge is -2.39. The second-order valence-electron chi connectivity index (χ2n) is 18.0. The topological polar surface area (TPSA) is 124 Å². The van der Waals surface area contributed by atoms with Gasteiger partial charge >= 0.3 is 15.6 Å². The Bertz CT molecular complexity index is 746. The molecule has 0 aliphatic carbocycles. The number of rotatable bonds is 38.